The molecule has 2 rings (SSSR count). The molecule has 0 bridgehead atoms. The largest absolute Gasteiger partial charge is 0.371 e. The van der Waals surface area contributed by atoms with E-state index in [1.807, 2.05) is 34.8 Å². The first-order chi connectivity index (χ1) is 15.2. The summed E-state index contributed by atoms with van der Waals surface area (Å²) in [4.78, 5) is 2.53. The van der Waals surface area contributed by atoms with Gasteiger partial charge in [0.25, 0.3) is 0 Å². The number of hydrogen-bond donors (Lipinski definition) is 2. The Morgan fingerprint density at radius 1 is 0.710 bits per heavy atom. The van der Waals surface area contributed by atoms with Crippen molar-refractivity contribution in [3.63, 3.8) is 0 Å². The molecule has 0 amide bonds. The number of nitrogens with one attached hydrogen (secondary N) is 2. The SMILES string of the molecule is CCCCCCCSSCCN(CCCC)c1ccc(NNc2cc[n+](C)cc2)cc1. The minimum absolute atomic E-state index is 1.05. The van der Waals surface area contributed by atoms with Gasteiger partial charge in [0, 0.05) is 42.4 Å². The average molecular weight is 462 g/mol. The lowest BCUT2D eigenvalue weighted by molar-refractivity contribution is -0.671. The Kier molecular flexibility index (Phi) is 13.4. The van der Waals surface area contributed by atoms with E-state index in [1.54, 1.807) is 0 Å². The van der Waals surface area contributed by atoms with Crippen molar-refractivity contribution in [2.24, 2.45) is 7.05 Å². The Labute approximate surface area is 198 Å². The molecule has 0 aliphatic carbocycles. The number of aromatic nitrogens is 1. The van der Waals surface area contributed by atoms with Gasteiger partial charge in [0.1, 0.15) is 7.05 Å². The number of pyridine rings is 1. The van der Waals surface area contributed by atoms with Crippen molar-refractivity contribution in [3.05, 3.63) is 48.8 Å². The van der Waals surface area contributed by atoms with Gasteiger partial charge in [-0.15, -0.1) is 0 Å². The maximum atomic E-state index is 3.29. The normalized spacial score (nSPS) is 10.8. The van der Waals surface area contributed by atoms with Crippen LogP contribution in [0.1, 0.15) is 58.8 Å². The molecule has 2 N–H and O–H groups in total. The molecule has 1 aromatic heterocycles. The van der Waals surface area contributed by atoms with Gasteiger partial charge in [0.15, 0.2) is 12.4 Å². The summed E-state index contributed by atoms with van der Waals surface area (Å²) in [5, 5.41) is 0. The molecular weight excluding hydrogens is 420 g/mol. The fourth-order valence-corrected chi connectivity index (χ4v) is 5.37. The van der Waals surface area contributed by atoms with E-state index in [4.69, 9.17) is 0 Å². The third kappa shape index (κ3) is 11.1. The van der Waals surface area contributed by atoms with E-state index in [-0.39, 0.29) is 0 Å². The number of anilines is 3. The van der Waals surface area contributed by atoms with Crippen molar-refractivity contribution in [1.82, 2.24) is 0 Å². The minimum Gasteiger partial charge on any atom is -0.371 e. The van der Waals surface area contributed by atoms with E-state index in [0.29, 0.717) is 0 Å². The third-order valence-electron chi connectivity index (χ3n) is 5.20. The van der Waals surface area contributed by atoms with E-state index in [0.717, 1.165) is 24.5 Å². The van der Waals surface area contributed by atoms with Gasteiger partial charge in [-0.1, -0.05) is 67.5 Å². The lowest BCUT2D eigenvalue weighted by Crippen LogP contribution is -2.27. The highest BCUT2D eigenvalue weighted by atomic mass is 33.1. The molecule has 0 fully saturated rings. The van der Waals surface area contributed by atoms with Gasteiger partial charge >= 0.3 is 0 Å². The van der Waals surface area contributed by atoms with Crippen molar-refractivity contribution in [3.8, 4) is 0 Å². The number of hydrogen-bond acceptors (Lipinski definition) is 5. The number of aryl methyl sites for hydroxylation is 1. The van der Waals surface area contributed by atoms with Crippen molar-refractivity contribution in [1.29, 1.82) is 0 Å². The molecule has 0 radical (unpaired) electrons. The molecule has 4 nitrogen and oxygen atoms in total. The van der Waals surface area contributed by atoms with Crippen LogP contribution in [0.25, 0.3) is 0 Å². The van der Waals surface area contributed by atoms with Gasteiger partial charge in [-0.3, -0.25) is 0 Å². The first-order valence-electron chi connectivity index (χ1n) is 11.8. The van der Waals surface area contributed by atoms with Gasteiger partial charge < -0.3 is 15.8 Å². The summed E-state index contributed by atoms with van der Waals surface area (Å²) in [7, 11) is 6.10. The second-order valence-corrected chi connectivity index (χ2v) is 10.7. The predicted molar refractivity (Wildman–Crippen MR) is 142 cm³/mol. The molecule has 6 heteroatoms. The summed E-state index contributed by atoms with van der Waals surface area (Å²) in [6, 6.07) is 12.9. The second-order valence-electron chi connectivity index (χ2n) is 7.95. The molecule has 172 valence electrons. The van der Waals surface area contributed by atoms with E-state index in [2.05, 4.69) is 76.8 Å². The lowest BCUT2D eigenvalue weighted by atomic mass is 10.2. The van der Waals surface area contributed by atoms with Crippen LogP contribution in [0.5, 0.6) is 0 Å². The maximum Gasteiger partial charge on any atom is 0.170 e. The quantitative estimate of drug-likeness (QED) is 0.116. The van der Waals surface area contributed by atoms with Gasteiger partial charge in [0.2, 0.25) is 0 Å². The fourth-order valence-electron chi connectivity index (χ4n) is 3.23. The van der Waals surface area contributed by atoms with Crippen molar-refractivity contribution < 1.29 is 4.57 Å². The summed E-state index contributed by atoms with van der Waals surface area (Å²) in [6.07, 6.45) is 13.4. The zero-order valence-electron chi connectivity index (χ0n) is 19.6. The summed E-state index contributed by atoms with van der Waals surface area (Å²) in [5.41, 5.74) is 9.98. The van der Waals surface area contributed by atoms with Gasteiger partial charge in [-0.25, -0.2) is 4.57 Å². The van der Waals surface area contributed by atoms with Gasteiger partial charge in [-0.2, -0.15) is 0 Å². The fraction of sp³-hybridized carbons (Fsp3) is 0.560. The molecule has 2 aromatic rings. The maximum absolute atomic E-state index is 3.29. The second kappa shape index (κ2) is 16.2. The smallest absolute Gasteiger partial charge is 0.170 e. The van der Waals surface area contributed by atoms with Crippen LogP contribution >= 0.6 is 21.6 Å². The summed E-state index contributed by atoms with van der Waals surface area (Å²) in [6.45, 7) is 6.79. The zero-order valence-corrected chi connectivity index (χ0v) is 21.2. The minimum atomic E-state index is 1.05. The molecule has 0 unspecified atom stereocenters. The highest BCUT2D eigenvalue weighted by Crippen LogP contribution is 2.25. The van der Waals surface area contributed by atoms with Gasteiger partial charge in [0.05, 0.1) is 11.4 Å². The van der Waals surface area contributed by atoms with E-state index in [9.17, 15) is 0 Å². The summed E-state index contributed by atoms with van der Waals surface area (Å²) >= 11 is 0. The Balaban J connectivity index is 1.74. The number of nitrogens with zero attached hydrogens (tertiary/aromatic N) is 2. The molecule has 0 atom stereocenters. The van der Waals surface area contributed by atoms with Crippen LogP contribution in [0.2, 0.25) is 0 Å². The molecular formula is C25H41N4S2+. The molecule has 1 aromatic carbocycles. The Bertz CT molecular complexity index is 692. The third-order valence-corrected chi connectivity index (χ3v) is 7.67. The summed E-state index contributed by atoms with van der Waals surface area (Å²) in [5.74, 6) is 2.46. The standard InChI is InChI=1S/C25H40N4S2/c1-4-6-8-9-10-21-30-31-22-20-29(17-7-5-2)25-13-11-23(12-14-25)26-27-24-15-18-28(3)19-16-24/h11-16,18-19,26H,4-10,17,20-22H2,1-3H3/p+1. The molecule has 1 heterocycles. The van der Waals surface area contributed by atoms with Crippen LogP contribution in [0, 0.1) is 0 Å². The number of benzene rings is 1. The van der Waals surface area contributed by atoms with Crippen molar-refractivity contribution in [2.75, 3.05) is 40.3 Å². The topological polar surface area (TPSA) is 31.2 Å². The van der Waals surface area contributed by atoms with E-state index < -0.39 is 0 Å². The molecule has 0 aliphatic heterocycles. The first kappa shape index (κ1) is 25.7. The van der Waals surface area contributed by atoms with E-state index >= 15 is 0 Å². The van der Waals surface area contributed by atoms with Crippen molar-refractivity contribution in [2.45, 2.75) is 58.8 Å². The molecule has 0 aliphatic rings. The monoisotopic (exact) mass is 461 g/mol. The van der Waals surface area contributed by atoms with E-state index in [1.165, 1.54) is 62.1 Å². The molecule has 31 heavy (non-hydrogen) atoms. The highest BCUT2D eigenvalue weighted by Gasteiger charge is 2.07. The number of unbranched alkanes of at least 4 members (excludes halogenated alkanes) is 5. The number of rotatable bonds is 17. The van der Waals surface area contributed by atoms with Gasteiger partial charge in [-0.05, 0) is 37.1 Å². The lowest BCUT2D eigenvalue weighted by Gasteiger charge is -2.25. The van der Waals surface area contributed by atoms with Crippen LogP contribution in [0.15, 0.2) is 48.8 Å². The molecule has 0 saturated carbocycles. The van der Waals surface area contributed by atoms with Crippen LogP contribution < -0.4 is 20.3 Å². The Hall–Kier alpha value is -1.53. The van der Waals surface area contributed by atoms with Crippen LogP contribution in [0.4, 0.5) is 17.1 Å². The highest BCUT2D eigenvalue weighted by molar-refractivity contribution is 8.76. The Morgan fingerprint density at radius 3 is 2.00 bits per heavy atom. The molecule has 0 spiro atoms. The Morgan fingerprint density at radius 2 is 1.32 bits per heavy atom. The number of hydrazine groups is 1. The van der Waals surface area contributed by atoms with Crippen LogP contribution in [0.3, 0.4) is 0 Å². The summed E-state index contributed by atoms with van der Waals surface area (Å²) < 4.78 is 2.02. The van der Waals surface area contributed by atoms with Crippen LogP contribution in [-0.4, -0.2) is 24.6 Å². The first-order valence-corrected chi connectivity index (χ1v) is 14.3. The average Bonchev–Trinajstić information content (AvgIpc) is 2.80. The zero-order chi connectivity index (χ0) is 22.2. The molecule has 0 saturated heterocycles. The van der Waals surface area contributed by atoms with Crippen LogP contribution in [-0.2, 0) is 7.05 Å². The van der Waals surface area contributed by atoms with Crippen molar-refractivity contribution >= 4 is 38.6 Å². The predicted octanol–water partition coefficient (Wildman–Crippen LogP) is 6.91.